The van der Waals surface area contributed by atoms with Crippen molar-refractivity contribution in [2.24, 2.45) is 0 Å². The van der Waals surface area contributed by atoms with Crippen molar-refractivity contribution >= 4 is 13.6 Å². The van der Waals surface area contributed by atoms with Crippen molar-refractivity contribution in [3.05, 3.63) is 34.4 Å². The Kier molecular flexibility index (Phi) is 3.14. The molecular weight excluding hydrogens is 199 g/mol. The smallest absolute Gasteiger partial charge is 0.393 e. The van der Waals surface area contributed by atoms with Gasteiger partial charge >= 0.3 is 13.6 Å². The molecule has 0 amide bonds. The standard InChI is InChI=1S/C10H11O3P/c1-6-4-5-9(8(3)7(6)2)10(11)14(12)13/h4-5H,1-3H3. The Morgan fingerprint density at radius 3 is 2.29 bits per heavy atom. The average Bonchev–Trinajstić information content (AvgIpc) is 2.13. The van der Waals surface area contributed by atoms with Gasteiger partial charge in [-0.1, -0.05) is 10.6 Å². The zero-order valence-corrected chi connectivity index (χ0v) is 9.22. The van der Waals surface area contributed by atoms with Crippen molar-refractivity contribution in [2.45, 2.75) is 20.8 Å². The largest absolute Gasteiger partial charge is 0.588 e. The van der Waals surface area contributed by atoms with E-state index in [-0.39, 0.29) is 5.56 Å². The van der Waals surface area contributed by atoms with E-state index in [9.17, 15) is 14.3 Å². The van der Waals surface area contributed by atoms with E-state index in [1.165, 1.54) is 0 Å². The first-order chi connectivity index (χ1) is 6.45. The van der Waals surface area contributed by atoms with Gasteiger partial charge in [-0.05, 0) is 43.5 Å². The maximum atomic E-state index is 11.2. The van der Waals surface area contributed by atoms with Crippen LogP contribution in [-0.2, 0) is 4.57 Å². The van der Waals surface area contributed by atoms with Crippen LogP contribution in [0.25, 0.3) is 0 Å². The molecule has 0 aliphatic carbocycles. The molecule has 0 aliphatic rings. The molecule has 0 N–H and O–H groups in total. The minimum absolute atomic E-state index is 0.282. The van der Waals surface area contributed by atoms with E-state index in [2.05, 4.69) is 0 Å². The molecule has 1 atom stereocenters. The third-order valence-corrected chi connectivity index (χ3v) is 3.03. The molecule has 0 heterocycles. The van der Waals surface area contributed by atoms with Crippen molar-refractivity contribution < 1.29 is 14.3 Å². The summed E-state index contributed by atoms with van der Waals surface area (Å²) < 4.78 is 10.5. The molecule has 0 spiro atoms. The monoisotopic (exact) mass is 210 g/mol. The molecule has 14 heavy (non-hydrogen) atoms. The highest BCUT2D eigenvalue weighted by atomic mass is 31.1. The Morgan fingerprint density at radius 1 is 1.21 bits per heavy atom. The van der Waals surface area contributed by atoms with E-state index >= 15 is 0 Å². The van der Waals surface area contributed by atoms with Gasteiger partial charge in [-0.15, -0.1) is 0 Å². The number of hydrogen-bond acceptors (Lipinski definition) is 3. The minimum Gasteiger partial charge on any atom is -0.588 e. The lowest BCUT2D eigenvalue weighted by molar-refractivity contribution is -0.161. The Bertz CT molecular complexity index is 410. The average molecular weight is 210 g/mol. The third-order valence-electron chi connectivity index (χ3n) is 2.45. The summed E-state index contributed by atoms with van der Waals surface area (Å²) in [6.07, 6.45) is 0. The molecule has 1 rings (SSSR count). The highest BCUT2D eigenvalue weighted by molar-refractivity contribution is 7.57. The van der Waals surface area contributed by atoms with Gasteiger partial charge in [0.25, 0.3) is 0 Å². The first-order valence-corrected chi connectivity index (χ1v) is 5.38. The Balaban J connectivity index is 3.31. The van der Waals surface area contributed by atoms with Crippen LogP contribution in [0.15, 0.2) is 12.1 Å². The number of rotatable bonds is 2. The maximum absolute atomic E-state index is 11.2. The predicted octanol–water partition coefficient (Wildman–Crippen LogP) is 1.85. The van der Waals surface area contributed by atoms with Crippen LogP contribution in [0, 0.1) is 20.8 Å². The van der Waals surface area contributed by atoms with E-state index in [1.807, 2.05) is 13.8 Å². The van der Waals surface area contributed by atoms with Gasteiger partial charge in [0.05, 0.1) is 5.56 Å². The molecule has 0 aromatic heterocycles. The second-order valence-electron chi connectivity index (χ2n) is 3.24. The maximum Gasteiger partial charge on any atom is 0.393 e. The van der Waals surface area contributed by atoms with Crippen LogP contribution in [0.1, 0.15) is 27.0 Å². The van der Waals surface area contributed by atoms with Crippen LogP contribution in [0.5, 0.6) is 0 Å². The number of hydrogen-bond donors (Lipinski definition) is 0. The molecule has 1 unspecified atom stereocenters. The van der Waals surface area contributed by atoms with E-state index in [4.69, 9.17) is 0 Å². The summed E-state index contributed by atoms with van der Waals surface area (Å²) >= 11 is 0. The van der Waals surface area contributed by atoms with Gasteiger partial charge in [-0.25, -0.2) is 4.79 Å². The lowest BCUT2D eigenvalue weighted by Gasteiger charge is -2.06. The molecular formula is C10H11O3P. The summed E-state index contributed by atoms with van der Waals surface area (Å²) in [5.41, 5.74) is 2.24. The van der Waals surface area contributed by atoms with Gasteiger partial charge in [-0.3, -0.25) is 0 Å². The fraction of sp³-hybridized carbons (Fsp3) is 0.300. The Hall–Kier alpha value is -1.05. The SMILES string of the molecule is Cc1ccc(C(=O)[P+](=O)[O-])c(C)c1C. The first kappa shape index (κ1) is 11.0. The van der Waals surface area contributed by atoms with Crippen LogP contribution < -0.4 is 4.89 Å². The van der Waals surface area contributed by atoms with Crippen LogP contribution in [0.2, 0.25) is 0 Å². The normalized spacial score (nSPS) is 11.3. The van der Waals surface area contributed by atoms with Crippen molar-refractivity contribution in [3.63, 3.8) is 0 Å². The van der Waals surface area contributed by atoms with Crippen LogP contribution >= 0.6 is 8.03 Å². The second kappa shape index (κ2) is 3.99. The summed E-state index contributed by atoms with van der Waals surface area (Å²) in [5.74, 6) is 0. The highest BCUT2D eigenvalue weighted by Gasteiger charge is 2.22. The van der Waals surface area contributed by atoms with E-state index in [1.54, 1.807) is 19.1 Å². The molecule has 0 aliphatic heterocycles. The van der Waals surface area contributed by atoms with E-state index in [0.29, 0.717) is 0 Å². The molecule has 1 aromatic rings. The van der Waals surface area contributed by atoms with Crippen LogP contribution in [0.3, 0.4) is 0 Å². The summed E-state index contributed by atoms with van der Waals surface area (Å²) in [5, 5.41) is 0. The lowest BCUT2D eigenvalue weighted by atomic mass is 10.00. The second-order valence-corrected chi connectivity index (χ2v) is 4.16. The van der Waals surface area contributed by atoms with Crippen molar-refractivity contribution in [1.29, 1.82) is 0 Å². The number of benzene rings is 1. The summed E-state index contributed by atoms with van der Waals surface area (Å²) in [6, 6.07) is 3.32. The summed E-state index contributed by atoms with van der Waals surface area (Å²) in [4.78, 5) is 21.8. The molecule has 74 valence electrons. The van der Waals surface area contributed by atoms with Gasteiger partial charge in [0.2, 0.25) is 0 Å². The van der Waals surface area contributed by atoms with Crippen molar-refractivity contribution in [2.75, 3.05) is 0 Å². The number of carbonyl (C=O) groups excluding carboxylic acids is 1. The van der Waals surface area contributed by atoms with Gasteiger partial charge in [0.1, 0.15) is 0 Å². The van der Waals surface area contributed by atoms with E-state index < -0.39 is 13.6 Å². The zero-order valence-electron chi connectivity index (χ0n) is 8.33. The molecule has 0 radical (unpaired) electrons. The summed E-state index contributed by atoms with van der Waals surface area (Å²) in [7, 11) is -3.02. The molecule has 0 bridgehead atoms. The Labute approximate surface area is 83.6 Å². The quantitative estimate of drug-likeness (QED) is 0.700. The lowest BCUT2D eigenvalue weighted by Crippen LogP contribution is -2.04. The first-order valence-electron chi connectivity index (χ1n) is 4.20. The summed E-state index contributed by atoms with van der Waals surface area (Å²) in [6.45, 7) is 5.56. The molecule has 3 nitrogen and oxygen atoms in total. The number of carbonyl (C=O) groups is 1. The molecule has 4 heteroatoms. The molecule has 1 aromatic carbocycles. The van der Waals surface area contributed by atoms with Crippen molar-refractivity contribution in [1.82, 2.24) is 0 Å². The topological polar surface area (TPSA) is 57.2 Å². The molecule has 0 fully saturated rings. The minimum atomic E-state index is -3.02. The van der Waals surface area contributed by atoms with Gasteiger partial charge in [-0.2, -0.15) is 0 Å². The van der Waals surface area contributed by atoms with Gasteiger partial charge in [0, 0.05) is 0 Å². The molecule has 0 saturated carbocycles. The highest BCUT2D eigenvalue weighted by Crippen LogP contribution is 2.24. The van der Waals surface area contributed by atoms with Gasteiger partial charge in [0.15, 0.2) is 0 Å². The van der Waals surface area contributed by atoms with Crippen LogP contribution in [0.4, 0.5) is 0 Å². The van der Waals surface area contributed by atoms with Gasteiger partial charge < -0.3 is 4.89 Å². The molecule has 0 saturated heterocycles. The van der Waals surface area contributed by atoms with E-state index in [0.717, 1.165) is 16.7 Å². The Morgan fingerprint density at radius 2 is 1.79 bits per heavy atom. The number of aryl methyl sites for hydroxylation is 1. The third kappa shape index (κ3) is 1.89. The van der Waals surface area contributed by atoms with Crippen molar-refractivity contribution in [3.8, 4) is 0 Å². The predicted molar refractivity (Wildman–Crippen MR) is 52.6 cm³/mol. The fourth-order valence-electron chi connectivity index (χ4n) is 1.29. The zero-order chi connectivity index (χ0) is 10.9. The van der Waals surface area contributed by atoms with Crippen LogP contribution in [-0.4, -0.2) is 5.52 Å². The fourth-order valence-corrected chi connectivity index (χ4v) is 1.73.